The molecule has 11 rings (SSSR count). The van der Waals surface area contributed by atoms with Crippen molar-refractivity contribution in [2.45, 2.75) is 0 Å². The lowest BCUT2D eigenvalue weighted by molar-refractivity contribution is 1.07. The van der Waals surface area contributed by atoms with E-state index in [4.69, 9.17) is 15.0 Å². The molecule has 0 aliphatic heterocycles. The molecule has 6 nitrogen and oxygen atoms in total. The Kier molecular flexibility index (Phi) is 5.92. The number of hydrogen-bond acceptors (Lipinski definition) is 4. The van der Waals surface area contributed by atoms with Gasteiger partial charge in [-0.25, -0.2) is 15.0 Å². The lowest BCUT2D eigenvalue weighted by Gasteiger charge is -2.14. The smallest absolute Gasteiger partial charge is 0.164 e. The fourth-order valence-corrected chi connectivity index (χ4v) is 8.13. The van der Waals surface area contributed by atoms with Gasteiger partial charge >= 0.3 is 0 Å². The molecule has 240 valence electrons. The summed E-state index contributed by atoms with van der Waals surface area (Å²) < 4.78 is 4.64. The van der Waals surface area contributed by atoms with Crippen molar-refractivity contribution in [3.8, 4) is 40.2 Å². The van der Waals surface area contributed by atoms with Crippen LogP contribution >= 0.6 is 0 Å². The summed E-state index contributed by atoms with van der Waals surface area (Å²) >= 11 is 0. The first kappa shape index (κ1) is 28.5. The van der Waals surface area contributed by atoms with Crippen molar-refractivity contribution in [1.82, 2.24) is 23.8 Å². The Hall–Kier alpha value is -7.36. The van der Waals surface area contributed by atoms with Crippen LogP contribution in [0.5, 0.6) is 0 Å². The minimum absolute atomic E-state index is 0.498. The standard InChI is InChI=1S/C46H26N6/c47-27-31-25-30(46-49-44(28-13-3-1-4-14-28)48-45(50-46)29-15-5-2-6-16-29)26-40-41(31)52-39-24-10-8-18-33(39)35-20-12-22-37(43(35)52)36-21-11-19-34-32-17-7-9-23-38(32)51(40)42(34)36/h1-26H. The lowest BCUT2D eigenvalue weighted by atomic mass is 10.0. The zero-order chi connectivity index (χ0) is 34.3. The normalized spacial score (nSPS) is 11.8. The molecular weight excluding hydrogens is 637 g/mol. The van der Waals surface area contributed by atoms with Crippen molar-refractivity contribution in [3.05, 3.63) is 163 Å². The van der Waals surface area contributed by atoms with Gasteiger partial charge in [0.25, 0.3) is 0 Å². The van der Waals surface area contributed by atoms with Gasteiger partial charge in [0.15, 0.2) is 17.5 Å². The lowest BCUT2D eigenvalue weighted by Crippen LogP contribution is -2.02. The third kappa shape index (κ3) is 3.96. The van der Waals surface area contributed by atoms with E-state index in [0.29, 0.717) is 23.0 Å². The van der Waals surface area contributed by atoms with Gasteiger partial charge in [0, 0.05) is 49.0 Å². The number of nitriles is 1. The first-order valence-electron chi connectivity index (χ1n) is 17.3. The van der Waals surface area contributed by atoms with E-state index in [1.54, 1.807) is 0 Å². The Labute approximate surface area is 297 Å². The second-order valence-corrected chi connectivity index (χ2v) is 13.2. The maximum Gasteiger partial charge on any atom is 0.164 e. The number of rotatable bonds is 3. The Morgan fingerprint density at radius 3 is 1.33 bits per heavy atom. The van der Waals surface area contributed by atoms with Crippen molar-refractivity contribution >= 4 is 65.4 Å². The van der Waals surface area contributed by atoms with E-state index in [9.17, 15) is 5.26 Å². The molecule has 0 aliphatic rings. The second-order valence-electron chi connectivity index (χ2n) is 13.2. The van der Waals surface area contributed by atoms with Crippen molar-refractivity contribution < 1.29 is 0 Å². The maximum atomic E-state index is 11.1. The van der Waals surface area contributed by atoms with Gasteiger partial charge in [-0.3, -0.25) is 0 Å². The van der Waals surface area contributed by atoms with Crippen molar-refractivity contribution in [2.75, 3.05) is 0 Å². The van der Waals surface area contributed by atoms with E-state index in [2.05, 4.69) is 106 Å². The predicted octanol–water partition coefficient (Wildman–Crippen LogP) is 11.0. The second kappa shape index (κ2) is 10.8. The highest BCUT2D eigenvalue weighted by Gasteiger charge is 2.22. The SMILES string of the molecule is N#Cc1cc(-c2nc(-c3ccccc3)nc(-c3ccccc3)n2)cc2c1n1c3ccccc3c3cccc(c4cccc5c6ccccc6n2c54)c31. The van der Waals surface area contributed by atoms with Crippen LogP contribution in [0.3, 0.4) is 0 Å². The van der Waals surface area contributed by atoms with Crippen LogP contribution in [0.2, 0.25) is 0 Å². The highest BCUT2D eigenvalue weighted by Crippen LogP contribution is 2.42. The first-order valence-corrected chi connectivity index (χ1v) is 17.3. The molecule has 7 aromatic carbocycles. The zero-order valence-electron chi connectivity index (χ0n) is 27.7. The van der Waals surface area contributed by atoms with Crippen LogP contribution in [0.25, 0.3) is 99.6 Å². The van der Waals surface area contributed by atoms with Gasteiger partial charge < -0.3 is 8.80 Å². The Bertz CT molecular complexity index is 3240. The van der Waals surface area contributed by atoms with Crippen LogP contribution in [0.1, 0.15) is 5.56 Å². The summed E-state index contributed by atoms with van der Waals surface area (Å²) in [6, 6.07) is 56.8. The monoisotopic (exact) mass is 662 g/mol. The number of para-hydroxylation sites is 4. The number of fused-ring (bicyclic) bond motifs is 10. The van der Waals surface area contributed by atoms with Gasteiger partial charge in [-0.05, 0) is 24.3 Å². The third-order valence-electron chi connectivity index (χ3n) is 10.3. The summed E-state index contributed by atoms with van der Waals surface area (Å²) in [7, 11) is 0. The van der Waals surface area contributed by atoms with Gasteiger partial charge in [0.05, 0.1) is 38.7 Å². The van der Waals surface area contributed by atoms with Crippen molar-refractivity contribution in [3.63, 3.8) is 0 Å². The van der Waals surface area contributed by atoms with E-state index >= 15 is 0 Å². The van der Waals surface area contributed by atoms with Gasteiger partial charge in [-0.1, -0.05) is 133 Å². The molecule has 0 fully saturated rings. The average Bonchev–Trinajstić information content (AvgIpc) is 3.73. The predicted molar refractivity (Wildman–Crippen MR) is 210 cm³/mol. The number of hydrogen-bond donors (Lipinski definition) is 0. The van der Waals surface area contributed by atoms with E-state index < -0.39 is 0 Å². The zero-order valence-corrected chi connectivity index (χ0v) is 27.7. The summed E-state index contributed by atoms with van der Waals surface area (Å²) in [6.07, 6.45) is 0. The number of aromatic nitrogens is 5. The Morgan fingerprint density at radius 1 is 0.365 bits per heavy atom. The van der Waals surface area contributed by atoms with E-state index in [-0.39, 0.29) is 0 Å². The molecule has 4 aromatic heterocycles. The topological polar surface area (TPSA) is 71.3 Å². The largest absolute Gasteiger partial charge is 0.306 e. The molecule has 0 spiro atoms. The van der Waals surface area contributed by atoms with E-state index in [0.717, 1.165) is 82.1 Å². The van der Waals surface area contributed by atoms with Crippen LogP contribution in [-0.2, 0) is 0 Å². The molecule has 0 unspecified atom stereocenters. The fourth-order valence-electron chi connectivity index (χ4n) is 8.13. The fraction of sp³-hybridized carbons (Fsp3) is 0. The Morgan fingerprint density at radius 2 is 0.788 bits per heavy atom. The molecule has 0 N–H and O–H groups in total. The average molecular weight is 663 g/mol. The minimum atomic E-state index is 0.498. The quantitative estimate of drug-likeness (QED) is 0.189. The summed E-state index contributed by atoms with van der Waals surface area (Å²) in [5, 5.41) is 18.0. The molecule has 0 bridgehead atoms. The van der Waals surface area contributed by atoms with Crippen molar-refractivity contribution in [1.29, 1.82) is 5.26 Å². The molecule has 0 amide bonds. The highest BCUT2D eigenvalue weighted by molar-refractivity contribution is 6.25. The summed E-state index contributed by atoms with van der Waals surface area (Å²) in [4.78, 5) is 15.1. The highest BCUT2D eigenvalue weighted by atomic mass is 15.0. The van der Waals surface area contributed by atoms with E-state index in [1.807, 2.05) is 66.7 Å². The molecule has 6 heteroatoms. The minimum Gasteiger partial charge on any atom is -0.306 e. The molecule has 0 aliphatic carbocycles. The molecule has 4 heterocycles. The summed E-state index contributed by atoms with van der Waals surface area (Å²) in [6.45, 7) is 0. The molecule has 0 saturated carbocycles. The first-order chi connectivity index (χ1) is 25.8. The molecule has 0 atom stereocenters. The van der Waals surface area contributed by atoms with Gasteiger partial charge in [0.2, 0.25) is 0 Å². The Balaban J connectivity index is 1.39. The molecule has 11 aromatic rings. The number of nitrogens with zero attached hydrogens (tertiary/aromatic N) is 6. The van der Waals surface area contributed by atoms with E-state index in [1.165, 1.54) is 0 Å². The van der Waals surface area contributed by atoms with Crippen LogP contribution in [0.15, 0.2) is 158 Å². The molecule has 0 radical (unpaired) electrons. The molecule has 52 heavy (non-hydrogen) atoms. The number of benzene rings is 7. The molecule has 0 saturated heterocycles. The van der Waals surface area contributed by atoms with Crippen LogP contribution in [0, 0.1) is 11.3 Å². The summed E-state index contributed by atoms with van der Waals surface area (Å²) in [5.41, 5.74) is 9.02. The third-order valence-corrected chi connectivity index (χ3v) is 10.3. The van der Waals surface area contributed by atoms with Crippen LogP contribution in [0.4, 0.5) is 0 Å². The van der Waals surface area contributed by atoms with Gasteiger partial charge in [-0.15, -0.1) is 0 Å². The summed E-state index contributed by atoms with van der Waals surface area (Å²) in [5.74, 6) is 1.64. The van der Waals surface area contributed by atoms with Gasteiger partial charge in [-0.2, -0.15) is 5.26 Å². The van der Waals surface area contributed by atoms with Crippen LogP contribution in [-0.4, -0.2) is 23.8 Å². The van der Waals surface area contributed by atoms with Crippen LogP contribution < -0.4 is 0 Å². The molecular formula is C46H26N6. The maximum absolute atomic E-state index is 11.1. The van der Waals surface area contributed by atoms with Crippen molar-refractivity contribution in [2.24, 2.45) is 0 Å². The van der Waals surface area contributed by atoms with Gasteiger partial charge in [0.1, 0.15) is 6.07 Å².